The molecule has 7 heteroatoms. The number of hydrogen-bond donors (Lipinski definition) is 1. The van der Waals surface area contributed by atoms with Crippen molar-refractivity contribution >= 4 is 27.1 Å². The number of carbonyl (C=O) groups excluding carboxylic acids is 1. The van der Waals surface area contributed by atoms with E-state index in [2.05, 4.69) is 5.32 Å². The molecule has 1 heterocycles. The van der Waals surface area contributed by atoms with Crippen molar-refractivity contribution in [1.29, 1.82) is 0 Å². The molecule has 1 unspecified atom stereocenters. The fraction of sp³-hybridized carbons (Fsp3) is 0.316. The maximum Gasteiger partial charge on any atom is 0.249 e. The van der Waals surface area contributed by atoms with Crippen molar-refractivity contribution in [3.63, 3.8) is 0 Å². The summed E-state index contributed by atoms with van der Waals surface area (Å²) in [6.07, 6.45) is 0.659. The van der Waals surface area contributed by atoms with Gasteiger partial charge in [0, 0.05) is 12.2 Å². The molecule has 0 aromatic heterocycles. The van der Waals surface area contributed by atoms with Gasteiger partial charge in [-0.1, -0.05) is 19.1 Å². The third-order valence-corrected chi connectivity index (χ3v) is 6.27. The number of hydrogen-bond acceptors (Lipinski definition) is 5. The quantitative estimate of drug-likeness (QED) is 0.841. The first kappa shape index (κ1) is 18.3. The van der Waals surface area contributed by atoms with E-state index in [4.69, 9.17) is 4.74 Å². The van der Waals surface area contributed by atoms with Crippen LogP contribution in [0.3, 0.4) is 0 Å². The summed E-state index contributed by atoms with van der Waals surface area (Å²) in [4.78, 5) is 14.8. The predicted molar refractivity (Wildman–Crippen MR) is 102 cm³/mol. The number of anilines is 2. The largest absolute Gasteiger partial charge is 0.495 e. The minimum Gasteiger partial charge on any atom is -0.495 e. The predicted octanol–water partition coefficient (Wildman–Crippen LogP) is 2.71. The number of amides is 1. The molecule has 0 aliphatic carbocycles. The molecule has 26 heavy (non-hydrogen) atoms. The standard InChI is InChI=1S/C19H22N2O4S/c1-3-26(23,24)15-10-8-14(9-11-15)20-16-12-13-21(19(16)22)17-6-4-5-7-18(17)25-2/h4-11,16,20H,3,12-13H2,1-2H3. The van der Waals surface area contributed by atoms with Crippen LogP contribution in [0.15, 0.2) is 53.4 Å². The molecule has 0 spiro atoms. The van der Waals surface area contributed by atoms with Gasteiger partial charge in [0.25, 0.3) is 0 Å². The van der Waals surface area contributed by atoms with Gasteiger partial charge in [0.2, 0.25) is 5.91 Å². The SMILES string of the molecule is CCS(=O)(=O)c1ccc(NC2CCN(c3ccccc3OC)C2=O)cc1. The lowest BCUT2D eigenvalue weighted by Gasteiger charge is -2.20. The highest BCUT2D eigenvalue weighted by Gasteiger charge is 2.33. The number of rotatable bonds is 6. The molecular weight excluding hydrogens is 352 g/mol. The van der Waals surface area contributed by atoms with Gasteiger partial charge < -0.3 is 15.0 Å². The van der Waals surface area contributed by atoms with Gasteiger partial charge in [0.1, 0.15) is 11.8 Å². The second-order valence-electron chi connectivity index (χ2n) is 6.08. The van der Waals surface area contributed by atoms with Crippen molar-refractivity contribution < 1.29 is 17.9 Å². The summed E-state index contributed by atoms with van der Waals surface area (Å²) in [5.74, 6) is 0.699. The molecule has 1 atom stereocenters. The Kier molecular flexibility index (Phi) is 5.18. The van der Waals surface area contributed by atoms with Gasteiger partial charge in [-0.05, 0) is 42.8 Å². The van der Waals surface area contributed by atoms with Gasteiger partial charge >= 0.3 is 0 Å². The van der Waals surface area contributed by atoms with E-state index >= 15 is 0 Å². The minimum absolute atomic E-state index is 0.0280. The number of sulfone groups is 1. The molecule has 1 saturated heterocycles. The number of para-hydroxylation sites is 2. The van der Waals surface area contributed by atoms with Gasteiger partial charge in [-0.2, -0.15) is 0 Å². The second-order valence-corrected chi connectivity index (χ2v) is 8.35. The Morgan fingerprint density at radius 3 is 2.50 bits per heavy atom. The van der Waals surface area contributed by atoms with Crippen molar-refractivity contribution in [3.05, 3.63) is 48.5 Å². The molecule has 1 N–H and O–H groups in total. The van der Waals surface area contributed by atoms with E-state index in [-0.39, 0.29) is 17.7 Å². The summed E-state index contributed by atoms with van der Waals surface area (Å²) in [6, 6.07) is 13.6. The average molecular weight is 374 g/mol. The zero-order chi connectivity index (χ0) is 18.7. The average Bonchev–Trinajstić information content (AvgIpc) is 3.02. The Morgan fingerprint density at radius 1 is 1.15 bits per heavy atom. The van der Waals surface area contributed by atoms with Crippen LogP contribution in [0, 0.1) is 0 Å². The molecule has 1 amide bonds. The van der Waals surface area contributed by atoms with Crippen LogP contribution in [-0.4, -0.2) is 39.8 Å². The van der Waals surface area contributed by atoms with Gasteiger partial charge in [-0.15, -0.1) is 0 Å². The van der Waals surface area contributed by atoms with Gasteiger partial charge in [0.15, 0.2) is 9.84 Å². The Hall–Kier alpha value is -2.54. The van der Waals surface area contributed by atoms with Crippen LogP contribution < -0.4 is 15.0 Å². The summed E-state index contributed by atoms with van der Waals surface area (Å²) in [5.41, 5.74) is 1.48. The molecule has 1 aliphatic rings. The van der Waals surface area contributed by atoms with E-state index in [1.807, 2.05) is 24.3 Å². The van der Waals surface area contributed by atoms with E-state index in [1.165, 1.54) is 0 Å². The first-order chi connectivity index (χ1) is 12.5. The van der Waals surface area contributed by atoms with Crippen molar-refractivity contribution in [2.24, 2.45) is 0 Å². The Labute approximate surface area is 153 Å². The fourth-order valence-electron chi connectivity index (χ4n) is 3.03. The highest BCUT2D eigenvalue weighted by Crippen LogP contribution is 2.31. The molecule has 0 bridgehead atoms. The second kappa shape index (κ2) is 7.37. The zero-order valence-corrected chi connectivity index (χ0v) is 15.6. The highest BCUT2D eigenvalue weighted by molar-refractivity contribution is 7.91. The summed E-state index contributed by atoms with van der Waals surface area (Å²) in [6.45, 7) is 2.21. The van der Waals surface area contributed by atoms with Crippen molar-refractivity contribution in [2.75, 3.05) is 29.6 Å². The topological polar surface area (TPSA) is 75.7 Å². The van der Waals surface area contributed by atoms with E-state index in [9.17, 15) is 13.2 Å². The van der Waals surface area contributed by atoms with Crippen LogP contribution >= 0.6 is 0 Å². The van der Waals surface area contributed by atoms with Gasteiger partial charge in [-0.25, -0.2) is 8.42 Å². The molecule has 138 valence electrons. The van der Waals surface area contributed by atoms with Crippen LogP contribution in [0.2, 0.25) is 0 Å². The maximum atomic E-state index is 12.8. The van der Waals surface area contributed by atoms with Crippen LogP contribution in [0.1, 0.15) is 13.3 Å². The third kappa shape index (κ3) is 3.53. The molecule has 2 aromatic rings. The Morgan fingerprint density at radius 2 is 1.85 bits per heavy atom. The van der Waals surface area contributed by atoms with Crippen LogP contribution in [0.4, 0.5) is 11.4 Å². The molecule has 0 radical (unpaired) electrons. The van der Waals surface area contributed by atoms with Crippen molar-refractivity contribution in [2.45, 2.75) is 24.3 Å². The number of carbonyl (C=O) groups is 1. The number of ether oxygens (including phenoxy) is 1. The lowest BCUT2D eigenvalue weighted by atomic mass is 10.2. The fourth-order valence-corrected chi connectivity index (χ4v) is 3.92. The lowest BCUT2D eigenvalue weighted by molar-refractivity contribution is -0.117. The number of methoxy groups -OCH3 is 1. The Balaban J connectivity index is 1.73. The smallest absolute Gasteiger partial charge is 0.249 e. The summed E-state index contributed by atoms with van der Waals surface area (Å²) < 4.78 is 29.1. The molecule has 0 saturated carbocycles. The zero-order valence-electron chi connectivity index (χ0n) is 14.8. The van der Waals surface area contributed by atoms with Crippen molar-refractivity contribution in [1.82, 2.24) is 0 Å². The Bertz CT molecular complexity index is 894. The molecule has 1 aliphatic heterocycles. The highest BCUT2D eigenvalue weighted by atomic mass is 32.2. The first-order valence-corrected chi connectivity index (χ1v) is 10.1. The van der Waals surface area contributed by atoms with Crippen LogP contribution in [0.5, 0.6) is 5.75 Å². The van der Waals surface area contributed by atoms with Gasteiger partial charge in [0.05, 0.1) is 23.4 Å². The maximum absolute atomic E-state index is 12.8. The van der Waals surface area contributed by atoms with E-state index in [0.717, 1.165) is 11.4 Å². The summed E-state index contributed by atoms with van der Waals surface area (Å²) >= 11 is 0. The number of nitrogens with zero attached hydrogens (tertiary/aromatic N) is 1. The normalized spacial score (nSPS) is 17.4. The number of nitrogens with one attached hydrogen (secondary N) is 1. The van der Waals surface area contributed by atoms with Gasteiger partial charge in [-0.3, -0.25) is 4.79 Å². The first-order valence-electron chi connectivity index (χ1n) is 8.50. The van der Waals surface area contributed by atoms with Crippen LogP contribution in [0.25, 0.3) is 0 Å². The third-order valence-electron chi connectivity index (χ3n) is 4.52. The van der Waals surface area contributed by atoms with Crippen LogP contribution in [-0.2, 0) is 14.6 Å². The molecule has 2 aromatic carbocycles. The van der Waals surface area contributed by atoms with E-state index in [1.54, 1.807) is 43.2 Å². The molecule has 3 rings (SSSR count). The number of benzene rings is 2. The van der Waals surface area contributed by atoms with Crippen molar-refractivity contribution in [3.8, 4) is 5.75 Å². The van der Waals surface area contributed by atoms with E-state index in [0.29, 0.717) is 23.6 Å². The lowest BCUT2D eigenvalue weighted by Crippen LogP contribution is -2.33. The monoisotopic (exact) mass is 374 g/mol. The molecule has 1 fully saturated rings. The summed E-state index contributed by atoms with van der Waals surface area (Å²) in [5, 5.41) is 3.20. The van der Waals surface area contributed by atoms with E-state index < -0.39 is 9.84 Å². The molecular formula is C19H22N2O4S. The minimum atomic E-state index is -3.22. The molecule has 6 nitrogen and oxygen atoms in total. The summed E-state index contributed by atoms with van der Waals surface area (Å²) in [7, 11) is -1.64.